The van der Waals surface area contributed by atoms with E-state index in [2.05, 4.69) is 10.2 Å². The van der Waals surface area contributed by atoms with Crippen molar-refractivity contribution in [2.45, 2.75) is 32.3 Å². The number of carbonyl (C=O) groups excluding carboxylic acids is 1. The molecule has 0 aliphatic carbocycles. The quantitative estimate of drug-likeness (QED) is 0.880. The highest BCUT2D eigenvalue weighted by molar-refractivity contribution is 5.96. The van der Waals surface area contributed by atoms with E-state index in [0.29, 0.717) is 12.3 Å². The van der Waals surface area contributed by atoms with Gasteiger partial charge >= 0.3 is 0 Å². The van der Waals surface area contributed by atoms with Gasteiger partial charge in [0.1, 0.15) is 23.7 Å². The number of hydrogen-bond acceptors (Lipinski definition) is 3. The van der Waals surface area contributed by atoms with E-state index >= 15 is 0 Å². The second-order valence-corrected chi connectivity index (χ2v) is 5.92. The van der Waals surface area contributed by atoms with Crippen LogP contribution in [0, 0.1) is 0 Å². The van der Waals surface area contributed by atoms with Crippen molar-refractivity contribution in [2.24, 2.45) is 0 Å². The maximum atomic E-state index is 12.8. The van der Waals surface area contributed by atoms with Crippen molar-refractivity contribution < 1.29 is 9.53 Å². The molecule has 1 N–H and O–H groups in total. The number of hydrogen-bond donors (Lipinski definition) is 1. The first-order chi connectivity index (χ1) is 10.8. The monoisotopic (exact) mass is 297 g/mol. The highest BCUT2D eigenvalue weighted by Gasteiger charge is 2.28. The van der Waals surface area contributed by atoms with Gasteiger partial charge in [-0.25, -0.2) is 0 Å². The van der Waals surface area contributed by atoms with Crippen LogP contribution in [0.1, 0.15) is 41.7 Å². The number of ether oxygens (including phenoxy) is 1. The number of aromatic nitrogens is 2. The third-order valence-corrected chi connectivity index (χ3v) is 4.49. The first-order valence-corrected chi connectivity index (χ1v) is 7.93. The molecule has 1 amide bonds. The normalized spacial score (nSPS) is 17.2. The molecule has 0 bridgehead atoms. The largest absolute Gasteiger partial charge is 0.488 e. The van der Waals surface area contributed by atoms with E-state index in [9.17, 15) is 4.79 Å². The molecule has 5 nitrogen and oxygen atoms in total. The van der Waals surface area contributed by atoms with Gasteiger partial charge in [0.05, 0.1) is 0 Å². The average molecular weight is 297 g/mol. The Hall–Kier alpha value is -2.30. The third-order valence-electron chi connectivity index (χ3n) is 4.49. The molecule has 2 aliphatic rings. The van der Waals surface area contributed by atoms with Gasteiger partial charge in [-0.15, -0.1) is 0 Å². The Bertz CT molecular complexity index is 700. The summed E-state index contributed by atoms with van der Waals surface area (Å²) in [6.45, 7) is 2.08. The molecule has 2 aliphatic heterocycles. The van der Waals surface area contributed by atoms with Gasteiger partial charge in [0.25, 0.3) is 5.91 Å². The number of carbonyl (C=O) groups is 1. The highest BCUT2D eigenvalue weighted by Crippen LogP contribution is 2.37. The van der Waals surface area contributed by atoms with Gasteiger partial charge in [-0.3, -0.25) is 9.89 Å². The second kappa shape index (κ2) is 5.48. The Kier molecular flexibility index (Phi) is 3.33. The summed E-state index contributed by atoms with van der Waals surface area (Å²) >= 11 is 0. The van der Waals surface area contributed by atoms with Crippen LogP contribution in [-0.4, -0.2) is 34.1 Å². The number of H-pyrrole nitrogens is 1. The molecule has 0 spiro atoms. The maximum absolute atomic E-state index is 12.8. The lowest BCUT2D eigenvalue weighted by atomic mass is 10.0. The van der Waals surface area contributed by atoms with Crippen molar-refractivity contribution in [1.29, 1.82) is 0 Å². The molecule has 114 valence electrons. The van der Waals surface area contributed by atoms with Gasteiger partial charge in [-0.1, -0.05) is 25.0 Å². The highest BCUT2D eigenvalue weighted by atomic mass is 16.5. The van der Waals surface area contributed by atoms with Crippen molar-refractivity contribution in [2.75, 3.05) is 13.1 Å². The molecule has 22 heavy (non-hydrogen) atoms. The number of nitrogens with zero attached hydrogens (tertiary/aromatic N) is 2. The number of benzene rings is 1. The van der Waals surface area contributed by atoms with Gasteiger partial charge < -0.3 is 9.64 Å². The molecule has 0 atom stereocenters. The van der Waals surface area contributed by atoms with Gasteiger partial charge in [-0.2, -0.15) is 5.10 Å². The van der Waals surface area contributed by atoms with Crippen LogP contribution in [0.4, 0.5) is 0 Å². The summed E-state index contributed by atoms with van der Waals surface area (Å²) in [7, 11) is 0. The molecule has 0 radical (unpaired) electrons. The molecule has 0 unspecified atom stereocenters. The molecule has 4 rings (SSSR count). The van der Waals surface area contributed by atoms with E-state index < -0.39 is 0 Å². The van der Waals surface area contributed by atoms with Crippen molar-refractivity contribution >= 4 is 5.91 Å². The lowest BCUT2D eigenvalue weighted by Gasteiger charge is -2.21. The minimum absolute atomic E-state index is 0.0543. The fourth-order valence-electron chi connectivity index (χ4n) is 3.28. The molecular weight excluding hydrogens is 278 g/mol. The third kappa shape index (κ3) is 2.17. The summed E-state index contributed by atoms with van der Waals surface area (Å²) in [6, 6.07) is 7.82. The number of rotatable bonds is 1. The van der Waals surface area contributed by atoms with Gasteiger partial charge in [-0.05, 0) is 25.0 Å². The topological polar surface area (TPSA) is 58.2 Å². The first kappa shape index (κ1) is 13.4. The zero-order chi connectivity index (χ0) is 14.9. The summed E-state index contributed by atoms with van der Waals surface area (Å²) < 4.78 is 5.78. The smallest absolute Gasteiger partial charge is 0.272 e. The standard InChI is InChI=1S/C17H19N3O2/c21-17(20-9-5-1-2-6-10-20)16-13-11-22-14-8-4-3-7-12(14)15(13)18-19-16/h3-4,7-8H,1-2,5-6,9-11H2,(H,18,19). The predicted octanol–water partition coefficient (Wildman–Crippen LogP) is 2.99. The molecule has 1 aromatic carbocycles. The molecule has 3 heterocycles. The van der Waals surface area contributed by atoms with Crippen LogP contribution in [0.5, 0.6) is 5.75 Å². The zero-order valence-corrected chi connectivity index (χ0v) is 12.5. The van der Waals surface area contributed by atoms with E-state index in [0.717, 1.165) is 48.5 Å². The van der Waals surface area contributed by atoms with Crippen molar-refractivity contribution in [3.8, 4) is 17.0 Å². The van der Waals surface area contributed by atoms with Crippen molar-refractivity contribution in [3.63, 3.8) is 0 Å². The van der Waals surface area contributed by atoms with E-state index in [1.165, 1.54) is 12.8 Å². The molecule has 1 saturated heterocycles. The second-order valence-electron chi connectivity index (χ2n) is 5.92. The summed E-state index contributed by atoms with van der Waals surface area (Å²) in [5.74, 6) is 0.883. The number of nitrogens with one attached hydrogen (secondary N) is 1. The van der Waals surface area contributed by atoms with E-state index in [1.807, 2.05) is 29.2 Å². The molecular formula is C17H19N3O2. The van der Waals surface area contributed by atoms with Crippen LogP contribution in [0.2, 0.25) is 0 Å². The summed E-state index contributed by atoms with van der Waals surface area (Å²) in [6.07, 6.45) is 4.59. The SMILES string of the molecule is O=C(c1[nH]nc2c1COc1ccccc1-2)N1CCCCCC1. The molecule has 0 saturated carbocycles. The van der Waals surface area contributed by atoms with E-state index in [-0.39, 0.29) is 5.91 Å². The minimum Gasteiger partial charge on any atom is -0.488 e. The van der Waals surface area contributed by atoms with E-state index in [4.69, 9.17) is 4.74 Å². The van der Waals surface area contributed by atoms with Gasteiger partial charge in [0, 0.05) is 24.2 Å². The summed E-state index contributed by atoms with van der Waals surface area (Å²) in [5, 5.41) is 7.34. The fourth-order valence-corrected chi connectivity index (χ4v) is 3.28. The van der Waals surface area contributed by atoms with Crippen LogP contribution >= 0.6 is 0 Å². The van der Waals surface area contributed by atoms with Crippen LogP contribution in [-0.2, 0) is 6.61 Å². The zero-order valence-electron chi connectivity index (χ0n) is 12.5. The number of aromatic amines is 1. The maximum Gasteiger partial charge on any atom is 0.272 e. The molecule has 1 aromatic heterocycles. The number of fused-ring (bicyclic) bond motifs is 3. The lowest BCUT2D eigenvalue weighted by Crippen LogP contribution is -2.33. The molecule has 2 aromatic rings. The first-order valence-electron chi connectivity index (χ1n) is 7.93. The minimum atomic E-state index is 0.0543. The number of likely N-dealkylation sites (tertiary alicyclic amines) is 1. The Morgan fingerprint density at radius 1 is 1.14 bits per heavy atom. The van der Waals surface area contributed by atoms with Crippen LogP contribution in [0.3, 0.4) is 0 Å². The van der Waals surface area contributed by atoms with Crippen LogP contribution in [0.15, 0.2) is 24.3 Å². The Morgan fingerprint density at radius 3 is 2.73 bits per heavy atom. The van der Waals surface area contributed by atoms with E-state index in [1.54, 1.807) is 0 Å². The number of amides is 1. The summed E-state index contributed by atoms with van der Waals surface area (Å²) in [5.41, 5.74) is 3.27. The van der Waals surface area contributed by atoms with Crippen molar-refractivity contribution in [3.05, 3.63) is 35.5 Å². The fraction of sp³-hybridized carbons (Fsp3) is 0.412. The number of para-hydroxylation sites is 1. The van der Waals surface area contributed by atoms with Gasteiger partial charge in [0.2, 0.25) is 0 Å². The van der Waals surface area contributed by atoms with Crippen LogP contribution < -0.4 is 4.74 Å². The Morgan fingerprint density at radius 2 is 1.91 bits per heavy atom. The average Bonchev–Trinajstić information content (AvgIpc) is 2.81. The molecule has 5 heteroatoms. The van der Waals surface area contributed by atoms with Gasteiger partial charge in [0.15, 0.2) is 0 Å². The van der Waals surface area contributed by atoms with Crippen LogP contribution in [0.25, 0.3) is 11.3 Å². The predicted molar refractivity (Wildman–Crippen MR) is 82.7 cm³/mol. The lowest BCUT2D eigenvalue weighted by molar-refractivity contribution is 0.0753. The Balaban J connectivity index is 1.68. The van der Waals surface area contributed by atoms with Crippen molar-refractivity contribution in [1.82, 2.24) is 15.1 Å². The molecule has 1 fully saturated rings. The Labute approximate surface area is 129 Å². The summed E-state index contributed by atoms with van der Waals surface area (Å²) in [4.78, 5) is 14.7.